The second-order valence-corrected chi connectivity index (χ2v) is 10.1. The van der Waals surface area contributed by atoms with Crippen molar-refractivity contribution < 1.29 is 13.9 Å². The number of hydrogen-bond acceptors (Lipinski definition) is 6. The lowest BCUT2D eigenvalue weighted by atomic mass is 9.87. The largest absolute Gasteiger partial charge is 0.484 e. The zero-order chi connectivity index (χ0) is 27.4. The minimum absolute atomic E-state index is 0.0333. The monoisotopic (exact) mass is 520 g/mol. The van der Waals surface area contributed by atoms with Crippen molar-refractivity contribution in [3.8, 4) is 22.7 Å². The van der Waals surface area contributed by atoms with Crippen molar-refractivity contribution in [3.63, 3.8) is 0 Å². The molecule has 0 radical (unpaired) electrons. The van der Waals surface area contributed by atoms with Crippen LogP contribution in [0.1, 0.15) is 31.9 Å². The number of para-hydroxylation sites is 2. The summed E-state index contributed by atoms with van der Waals surface area (Å²) >= 11 is 0. The lowest BCUT2D eigenvalue weighted by molar-refractivity contribution is -0.123. The molecule has 196 valence electrons. The fourth-order valence-electron chi connectivity index (χ4n) is 4.04. The molecule has 2 aromatic heterocycles. The lowest BCUT2D eigenvalue weighted by Crippen LogP contribution is -2.24. The van der Waals surface area contributed by atoms with Crippen LogP contribution in [0.15, 0.2) is 105 Å². The van der Waals surface area contributed by atoms with E-state index in [2.05, 4.69) is 36.4 Å². The molecule has 0 spiro atoms. The van der Waals surface area contributed by atoms with Crippen LogP contribution in [0.4, 0.5) is 0 Å². The van der Waals surface area contributed by atoms with Gasteiger partial charge < -0.3 is 9.15 Å². The molecule has 0 saturated heterocycles. The van der Waals surface area contributed by atoms with E-state index in [-0.39, 0.29) is 17.6 Å². The summed E-state index contributed by atoms with van der Waals surface area (Å²) in [6, 6.07) is 26.2. The molecule has 1 N–H and O–H groups in total. The van der Waals surface area contributed by atoms with Gasteiger partial charge in [-0.2, -0.15) is 10.2 Å². The SMILES string of the molecule is CC(C)(C)c1ccc(OCC(=O)N/N=C\c2cn(-c3ccccc3)nc2-c2cc3ccccc3oc2=O)cc1. The number of aromatic nitrogens is 2. The van der Waals surface area contributed by atoms with Crippen LogP contribution >= 0.6 is 0 Å². The van der Waals surface area contributed by atoms with Gasteiger partial charge >= 0.3 is 5.63 Å². The van der Waals surface area contributed by atoms with E-state index in [1.54, 1.807) is 29.1 Å². The molecule has 8 nitrogen and oxygen atoms in total. The summed E-state index contributed by atoms with van der Waals surface area (Å²) in [4.78, 5) is 25.2. The van der Waals surface area contributed by atoms with Gasteiger partial charge in [0.05, 0.1) is 17.5 Å². The van der Waals surface area contributed by atoms with Crippen molar-refractivity contribution in [2.24, 2.45) is 5.10 Å². The van der Waals surface area contributed by atoms with Crippen LogP contribution in [0.5, 0.6) is 5.75 Å². The Kier molecular flexibility index (Phi) is 7.10. The van der Waals surface area contributed by atoms with Crippen molar-refractivity contribution in [1.29, 1.82) is 0 Å². The number of carbonyl (C=O) groups is 1. The molecule has 3 aromatic carbocycles. The first kappa shape index (κ1) is 25.7. The molecule has 0 bridgehead atoms. The summed E-state index contributed by atoms with van der Waals surface area (Å²) in [5, 5.41) is 9.51. The first-order chi connectivity index (χ1) is 18.8. The Labute approximate surface area is 225 Å². The molecule has 2 heterocycles. The van der Waals surface area contributed by atoms with E-state index in [0.717, 1.165) is 11.1 Å². The number of ether oxygens (including phenoxy) is 1. The molecule has 5 aromatic rings. The Morgan fingerprint density at radius 3 is 2.49 bits per heavy atom. The van der Waals surface area contributed by atoms with E-state index >= 15 is 0 Å². The normalized spacial score (nSPS) is 11.7. The molecular weight excluding hydrogens is 492 g/mol. The highest BCUT2D eigenvalue weighted by molar-refractivity contribution is 5.91. The third-order valence-corrected chi connectivity index (χ3v) is 6.14. The number of rotatable bonds is 7. The highest BCUT2D eigenvalue weighted by Gasteiger charge is 2.17. The first-order valence-corrected chi connectivity index (χ1v) is 12.5. The van der Waals surface area contributed by atoms with Gasteiger partial charge in [-0.15, -0.1) is 0 Å². The van der Waals surface area contributed by atoms with Crippen molar-refractivity contribution in [3.05, 3.63) is 113 Å². The summed E-state index contributed by atoms with van der Waals surface area (Å²) < 4.78 is 12.8. The molecule has 1 amide bonds. The van der Waals surface area contributed by atoms with E-state index in [4.69, 9.17) is 9.15 Å². The Balaban J connectivity index is 1.35. The Morgan fingerprint density at radius 1 is 1.03 bits per heavy atom. The number of hydrazone groups is 1. The molecule has 8 heteroatoms. The average Bonchev–Trinajstić information content (AvgIpc) is 3.35. The van der Waals surface area contributed by atoms with Crippen LogP contribution in [0.25, 0.3) is 27.9 Å². The average molecular weight is 521 g/mol. The highest BCUT2D eigenvalue weighted by Crippen LogP contribution is 2.25. The number of amides is 1. The number of carbonyl (C=O) groups excluding carboxylic acids is 1. The second-order valence-electron chi connectivity index (χ2n) is 10.1. The smallest absolute Gasteiger partial charge is 0.345 e. The molecule has 0 saturated carbocycles. The summed E-state index contributed by atoms with van der Waals surface area (Å²) in [7, 11) is 0. The molecule has 0 fully saturated rings. The molecule has 0 aliphatic heterocycles. The number of nitrogens with zero attached hydrogens (tertiary/aromatic N) is 3. The van der Waals surface area contributed by atoms with Crippen molar-refractivity contribution in [1.82, 2.24) is 15.2 Å². The maximum atomic E-state index is 12.9. The number of fused-ring (bicyclic) bond motifs is 1. The minimum atomic E-state index is -0.517. The van der Waals surface area contributed by atoms with Gasteiger partial charge in [0.15, 0.2) is 6.61 Å². The summed E-state index contributed by atoms with van der Waals surface area (Å²) in [5.41, 5.74) is 5.66. The zero-order valence-electron chi connectivity index (χ0n) is 21.9. The lowest BCUT2D eigenvalue weighted by Gasteiger charge is -2.19. The van der Waals surface area contributed by atoms with Crippen LogP contribution in [0, 0.1) is 0 Å². The molecule has 0 atom stereocenters. The van der Waals surface area contributed by atoms with Gasteiger partial charge in [-0.3, -0.25) is 4.79 Å². The molecule has 0 unspecified atom stereocenters. The number of nitrogens with one attached hydrogen (secondary N) is 1. The van der Waals surface area contributed by atoms with Gasteiger partial charge in [0.1, 0.15) is 17.0 Å². The van der Waals surface area contributed by atoms with E-state index in [9.17, 15) is 9.59 Å². The third-order valence-electron chi connectivity index (χ3n) is 6.14. The zero-order valence-corrected chi connectivity index (χ0v) is 21.9. The molecule has 0 aliphatic carbocycles. The Bertz CT molecular complexity index is 1700. The molecule has 0 aliphatic rings. The standard InChI is InChI=1S/C31H28N4O4/c1-31(2,3)23-13-15-25(16-14-23)38-20-28(36)33-32-18-22-19-35(24-10-5-4-6-11-24)34-29(22)26-17-21-9-7-8-12-27(21)39-30(26)37/h4-19H,20H2,1-3H3,(H,33,36)/b32-18-. The molecule has 39 heavy (non-hydrogen) atoms. The van der Waals surface area contributed by atoms with Gasteiger partial charge in [-0.1, -0.05) is 69.3 Å². The predicted molar refractivity (Wildman–Crippen MR) is 151 cm³/mol. The van der Waals surface area contributed by atoms with Crippen LogP contribution in [0.2, 0.25) is 0 Å². The van der Waals surface area contributed by atoms with Crippen molar-refractivity contribution in [2.75, 3.05) is 6.61 Å². The van der Waals surface area contributed by atoms with Gasteiger partial charge in [0.2, 0.25) is 0 Å². The maximum absolute atomic E-state index is 12.9. The molecular formula is C31H28N4O4. The van der Waals surface area contributed by atoms with E-state index in [0.29, 0.717) is 22.6 Å². The Morgan fingerprint density at radius 2 is 1.74 bits per heavy atom. The maximum Gasteiger partial charge on any atom is 0.345 e. The van der Waals surface area contributed by atoms with Gasteiger partial charge in [0, 0.05) is 17.1 Å². The van der Waals surface area contributed by atoms with Crippen LogP contribution in [-0.2, 0) is 10.2 Å². The number of hydrogen-bond donors (Lipinski definition) is 1. The van der Waals surface area contributed by atoms with Gasteiger partial charge in [0.25, 0.3) is 5.91 Å². The fraction of sp³-hybridized carbons (Fsp3) is 0.161. The van der Waals surface area contributed by atoms with Crippen molar-refractivity contribution in [2.45, 2.75) is 26.2 Å². The van der Waals surface area contributed by atoms with E-state index < -0.39 is 11.5 Å². The first-order valence-electron chi connectivity index (χ1n) is 12.5. The predicted octanol–water partition coefficient (Wildman–Crippen LogP) is 5.47. The van der Waals surface area contributed by atoms with E-state index in [1.807, 2.05) is 66.7 Å². The van der Waals surface area contributed by atoms with Gasteiger partial charge in [-0.25, -0.2) is 14.9 Å². The summed E-state index contributed by atoms with van der Waals surface area (Å²) in [6.07, 6.45) is 3.19. The fourth-order valence-corrected chi connectivity index (χ4v) is 4.04. The van der Waals surface area contributed by atoms with Gasteiger partial charge in [-0.05, 0) is 47.4 Å². The quantitative estimate of drug-likeness (QED) is 0.174. The summed E-state index contributed by atoms with van der Waals surface area (Å²) in [5.74, 6) is 0.171. The topological polar surface area (TPSA) is 98.7 Å². The minimum Gasteiger partial charge on any atom is -0.484 e. The second kappa shape index (κ2) is 10.8. The van der Waals surface area contributed by atoms with Crippen molar-refractivity contribution >= 4 is 23.1 Å². The third kappa shape index (κ3) is 5.96. The van der Waals surface area contributed by atoms with Crippen LogP contribution in [-0.4, -0.2) is 28.5 Å². The molecule has 5 rings (SSSR count). The Hall–Kier alpha value is -4.98. The highest BCUT2D eigenvalue weighted by atomic mass is 16.5. The van der Waals surface area contributed by atoms with Crippen LogP contribution in [0.3, 0.4) is 0 Å². The summed E-state index contributed by atoms with van der Waals surface area (Å²) in [6.45, 7) is 6.21. The van der Waals surface area contributed by atoms with Crippen LogP contribution < -0.4 is 15.8 Å². The van der Waals surface area contributed by atoms with E-state index in [1.165, 1.54) is 11.8 Å². The number of benzene rings is 3.